The maximum Gasteiger partial charge on any atom is 0.168 e. The number of anilines is 6. The highest BCUT2D eigenvalue weighted by molar-refractivity contribution is 5.96. The first-order chi connectivity index (χ1) is 31.4. The Bertz CT molecular complexity index is 3030. The molecule has 12 rings (SSSR count). The second kappa shape index (κ2) is 21.0. The van der Waals surface area contributed by atoms with Crippen molar-refractivity contribution >= 4 is 92.2 Å². The van der Waals surface area contributed by atoms with Crippen molar-refractivity contribution in [3.8, 4) is 0 Å². The zero-order chi connectivity index (χ0) is 43.6. The van der Waals surface area contributed by atoms with Gasteiger partial charge in [-0.3, -0.25) is 19.9 Å². The lowest BCUT2D eigenvalue weighted by Gasteiger charge is -2.32. The second-order valence-electron chi connectivity index (χ2n) is 16.6. The Morgan fingerprint density at radius 2 is 0.925 bits per heavy atom. The normalized spacial score (nSPS) is 13.6. The van der Waals surface area contributed by atoms with E-state index in [0.29, 0.717) is 11.4 Å². The molecule has 6 aromatic heterocycles. The third-order valence-corrected chi connectivity index (χ3v) is 12.3. The molecule has 0 saturated heterocycles. The molecule has 327 valence electrons. The Labute approximate surface area is 397 Å². The number of rotatable bonds is 3. The van der Waals surface area contributed by atoms with Gasteiger partial charge in [0.25, 0.3) is 0 Å². The van der Waals surface area contributed by atoms with E-state index >= 15 is 0 Å². The van der Waals surface area contributed by atoms with Crippen LogP contribution in [0.4, 0.5) is 38.6 Å². The standard InChI is InChI=1S/C18H16FN3.C18H17N3.C17H16N4.3B/c1-12-17(19)18(14-6-2-3-7-15(14)21-12)22-10-4-5-13-11-20-9-8-16(13)22;1-13-11-18(15-6-2-3-7-16(15)20-13)21-10-4-5-14-12-19-9-8-17(14)21;1-12-19-15-7-3-2-6-14(15)17(20-12)21-10-4-5-13-11-18-9-8-16(13)21;;;/h2-3,6-9,11H,4-5,10H2,1H3;2-3,6-9,11-12H,4-5,10H2,1H3;2-3,6-9,11H,4-5,10H2,1H3;;;. The van der Waals surface area contributed by atoms with Crippen LogP contribution in [0.25, 0.3) is 32.7 Å². The highest BCUT2D eigenvalue weighted by Crippen LogP contribution is 2.40. The van der Waals surface area contributed by atoms with Crippen molar-refractivity contribution in [1.29, 1.82) is 0 Å². The fraction of sp³-hybridized carbons (Fsp3) is 0.226. The Balaban J connectivity index is 0.000000146. The van der Waals surface area contributed by atoms with E-state index in [4.69, 9.17) is 4.98 Å². The van der Waals surface area contributed by atoms with Gasteiger partial charge in [-0.1, -0.05) is 48.5 Å². The van der Waals surface area contributed by atoms with Crippen molar-refractivity contribution in [2.75, 3.05) is 34.3 Å². The zero-order valence-corrected chi connectivity index (χ0v) is 38.1. The summed E-state index contributed by atoms with van der Waals surface area (Å²) in [5.41, 5.74) is 13.6. The van der Waals surface area contributed by atoms with Gasteiger partial charge in [0.05, 0.1) is 33.6 Å². The summed E-state index contributed by atoms with van der Waals surface area (Å²) in [6.45, 7) is 8.58. The first kappa shape index (κ1) is 47.7. The molecule has 0 atom stereocenters. The fourth-order valence-electron chi connectivity index (χ4n) is 9.42. The third kappa shape index (κ3) is 9.57. The number of pyridine rings is 5. The van der Waals surface area contributed by atoms with E-state index in [9.17, 15) is 4.39 Å². The quantitative estimate of drug-likeness (QED) is 0.160. The second-order valence-corrected chi connectivity index (χ2v) is 16.6. The Kier molecular flexibility index (Phi) is 14.9. The molecule has 3 aromatic carbocycles. The highest BCUT2D eigenvalue weighted by Gasteiger charge is 2.25. The van der Waals surface area contributed by atoms with Gasteiger partial charge < -0.3 is 14.7 Å². The lowest BCUT2D eigenvalue weighted by molar-refractivity contribution is 0.607. The molecule has 3 aliphatic heterocycles. The van der Waals surface area contributed by atoms with E-state index in [1.807, 2.05) is 92.5 Å². The van der Waals surface area contributed by atoms with Crippen LogP contribution in [0.5, 0.6) is 0 Å². The number of benzene rings is 3. The van der Waals surface area contributed by atoms with Crippen molar-refractivity contribution in [3.63, 3.8) is 0 Å². The summed E-state index contributed by atoms with van der Waals surface area (Å²) in [5, 5.41) is 3.18. The maximum atomic E-state index is 14.9. The third-order valence-electron chi connectivity index (χ3n) is 12.3. The molecule has 14 heteroatoms. The number of halogens is 1. The molecule has 0 amide bonds. The highest BCUT2D eigenvalue weighted by atomic mass is 19.1. The van der Waals surface area contributed by atoms with Crippen LogP contribution in [0.3, 0.4) is 0 Å². The van der Waals surface area contributed by atoms with E-state index in [1.54, 1.807) is 13.1 Å². The first-order valence-electron chi connectivity index (χ1n) is 22.2. The lowest BCUT2D eigenvalue weighted by atomic mass is 10.0. The molecule has 0 unspecified atom stereocenters. The van der Waals surface area contributed by atoms with Crippen molar-refractivity contribution in [3.05, 3.63) is 174 Å². The number of para-hydroxylation sites is 3. The van der Waals surface area contributed by atoms with Crippen molar-refractivity contribution in [2.24, 2.45) is 0 Å². The summed E-state index contributed by atoms with van der Waals surface area (Å²) in [6.07, 6.45) is 17.8. The molecule has 67 heavy (non-hydrogen) atoms. The van der Waals surface area contributed by atoms with Crippen LogP contribution in [0.15, 0.2) is 134 Å². The first-order valence-corrected chi connectivity index (χ1v) is 22.2. The van der Waals surface area contributed by atoms with Gasteiger partial charge in [-0.05, 0) is 125 Å². The molecule has 3 aliphatic rings. The van der Waals surface area contributed by atoms with Crippen LogP contribution in [0, 0.1) is 26.6 Å². The molecule has 9 heterocycles. The number of aryl methyl sites for hydroxylation is 6. The van der Waals surface area contributed by atoms with Crippen LogP contribution >= 0.6 is 0 Å². The molecule has 0 saturated carbocycles. The van der Waals surface area contributed by atoms with Gasteiger partial charge in [0.1, 0.15) is 11.6 Å². The van der Waals surface area contributed by atoms with Gasteiger partial charge in [-0.2, -0.15) is 0 Å². The summed E-state index contributed by atoms with van der Waals surface area (Å²) in [5.74, 6) is 1.58. The van der Waals surface area contributed by atoms with E-state index in [0.717, 1.165) is 109 Å². The Hall–Kier alpha value is -7.21. The molecular formula is C53H49B3FN10. The number of hydrogen-bond donors (Lipinski definition) is 0. The number of hydrogen-bond acceptors (Lipinski definition) is 10. The largest absolute Gasteiger partial charge is 0.341 e. The minimum Gasteiger partial charge on any atom is -0.341 e. The van der Waals surface area contributed by atoms with Gasteiger partial charge in [0.2, 0.25) is 0 Å². The van der Waals surface area contributed by atoms with Crippen LogP contribution in [0.2, 0.25) is 0 Å². The Morgan fingerprint density at radius 1 is 0.463 bits per heavy atom. The minimum atomic E-state index is -0.233. The molecule has 0 aliphatic carbocycles. The van der Waals surface area contributed by atoms with Gasteiger partial charge in [-0.15, -0.1) is 0 Å². The number of fused-ring (bicyclic) bond motifs is 6. The zero-order valence-electron chi connectivity index (χ0n) is 38.1. The number of aromatic nitrogens is 7. The van der Waals surface area contributed by atoms with Gasteiger partial charge in [0.15, 0.2) is 5.82 Å². The molecule has 0 spiro atoms. The lowest BCUT2D eigenvalue weighted by Crippen LogP contribution is -2.26. The molecule has 0 N–H and O–H groups in total. The minimum absolute atomic E-state index is 0. The molecule has 10 nitrogen and oxygen atoms in total. The summed E-state index contributed by atoms with van der Waals surface area (Å²) in [6, 6.07) is 32.7. The molecule has 0 bridgehead atoms. The maximum absolute atomic E-state index is 14.9. The average molecular weight is 877 g/mol. The molecule has 9 radical (unpaired) electrons. The van der Waals surface area contributed by atoms with Gasteiger partial charge in [-0.25, -0.2) is 19.3 Å². The van der Waals surface area contributed by atoms with Gasteiger partial charge >= 0.3 is 0 Å². The van der Waals surface area contributed by atoms with E-state index in [-0.39, 0.29) is 31.1 Å². The van der Waals surface area contributed by atoms with E-state index in [2.05, 4.69) is 94.0 Å². The number of nitrogens with zero attached hydrogens (tertiary/aromatic N) is 10. The summed E-state index contributed by atoms with van der Waals surface area (Å²) in [7, 11) is 0. The summed E-state index contributed by atoms with van der Waals surface area (Å²) >= 11 is 0. The topological polar surface area (TPSA) is 100.0 Å². The molecular weight excluding hydrogens is 828 g/mol. The van der Waals surface area contributed by atoms with Crippen molar-refractivity contribution in [1.82, 2.24) is 34.9 Å². The van der Waals surface area contributed by atoms with Crippen LogP contribution in [-0.2, 0) is 19.3 Å². The van der Waals surface area contributed by atoms with Crippen LogP contribution < -0.4 is 14.7 Å². The van der Waals surface area contributed by atoms with Crippen molar-refractivity contribution < 1.29 is 4.39 Å². The van der Waals surface area contributed by atoms with E-state index in [1.165, 1.54) is 39.1 Å². The van der Waals surface area contributed by atoms with Crippen molar-refractivity contribution in [2.45, 2.75) is 59.3 Å². The van der Waals surface area contributed by atoms with Crippen LogP contribution in [-0.4, -0.2) is 79.8 Å². The smallest absolute Gasteiger partial charge is 0.168 e. The summed E-state index contributed by atoms with van der Waals surface area (Å²) in [4.78, 5) is 37.8. The molecule has 9 aromatic rings. The predicted octanol–water partition coefficient (Wildman–Crippen LogP) is 10.5. The van der Waals surface area contributed by atoms with Gasteiger partial charge in [0, 0.05) is 121 Å². The summed E-state index contributed by atoms with van der Waals surface area (Å²) < 4.78 is 14.9. The molecule has 0 fully saturated rings. The fourth-order valence-corrected chi connectivity index (χ4v) is 9.42. The van der Waals surface area contributed by atoms with E-state index < -0.39 is 0 Å². The predicted molar refractivity (Wildman–Crippen MR) is 273 cm³/mol. The monoisotopic (exact) mass is 877 g/mol. The van der Waals surface area contributed by atoms with Crippen LogP contribution in [0.1, 0.15) is 53.2 Å². The Morgan fingerprint density at radius 3 is 1.52 bits per heavy atom. The average Bonchev–Trinajstić information content (AvgIpc) is 3.34. The SMILES string of the molecule is Cc1cc(N2CCCc3cnccc32)c2ccccc2n1.Cc1nc(N2CCCc3cnccc32)c2ccccc2n1.Cc1nc2ccccc2c(N2CCCc3cnccc32)c1F.[B].[B].[B].